The molecule has 10 heteroatoms. The largest absolute Gasteiger partial charge is 0.506 e. The molecule has 0 unspecified atom stereocenters. The summed E-state index contributed by atoms with van der Waals surface area (Å²) in [7, 11) is -4.99. The number of phenolic OH excluding ortho intramolecular Hbond substituents is 2. The van der Waals surface area contributed by atoms with Crippen LogP contribution in [0.25, 0.3) is 0 Å². The van der Waals surface area contributed by atoms with Gasteiger partial charge in [-0.2, -0.15) is 8.42 Å². The van der Waals surface area contributed by atoms with Gasteiger partial charge in [-0.3, -0.25) is 4.55 Å². The molecule has 152 valence electrons. The van der Waals surface area contributed by atoms with E-state index in [-0.39, 0.29) is 48.3 Å². The molecular formula is C19H12Cl4O5S. The Morgan fingerprint density at radius 2 is 1.17 bits per heavy atom. The summed E-state index contributed by atoms with van der Waals surface area (Å²) in [5.41, 5.74) is -0.0721. The van der Waals surface area contributed by atoms with Crippen LogP contribution in [-0.2, 0) is 14.9 Å². The van der Waals surface area contributed by atoms with Gasteiger partial charge in [-0.1, -0.05) is 64.6 Å². The fraction of sp³-hybridized carbons (Fsp3) is 0.0526. The summed E-state index contributed by atoms with van der Waals surface area (Å²) >= 11 is 24.3. The van der Waals surface area contributed by atoms with E-state index >= 15 is 0 Å². The minimum atomic E-state index is -4.99. The Labute approximate surface area is 186 Å². The van der Waals surface area contributed by atoms with E-state index in [2.05, 4.69) is 0 Å². The van der Waals surface area contributed by atoms with Gasteiger partial charge in [0.25, 0.3) is 10.1 Å². The van der Waals surface area contributed by atoms with E-state index in [0.717, 1.165) is 0 Å². The van der Waals surface area contributed by atoms with Crippen molar-refractivity contribution in [2.45, 2.75) is 4.75 Å². The van der Waals surface area contributed by atoms with Gasteiger partial charge < -0.3 is 10.2 Å². The molecule has 0 atom stereocenters. The van der Waals surface area contributed by atoms with Gasteiger partial charge in [-0.15, -0.1) is 0 Å². The zero-order chi connectivity index (χ0) is 21.6. The Morgan fingerprint density at radius 3 is 1.55 bits per heavy atom. The van der Waals surface area contributed by atoms with E-state index < -0.39 is 14.9 Å². The summed E-state index contributed by atoms with van der Waals surface area (Å²) in [5.74, 6) is -0.573. The maximum absolute atomic E-state index is 12.9. The van der Waals surface area contributed by atoms with E-state index in [9.17, 15) is 23.2 Å². The van der Waals surface area contributed by atoms with Crippen LogP contribution < -0.4 is 0 Å². The highest BCUT2D eigenvalue weighted by Gasteiger charge is 2.50. The molecule has 0 radical (unpaired) electrons. The molecule has 0 bridgehead atoms. The first-order chi connectivity index (χ1) is 13.5. The molecule has 3 rings (SSSR count). The van der Waals surface area contributed by atoms with Crippen molar-refractivity contribution in [3.05, 3.63) is 91.4 Å². The predicted octanol–water partition coefficient (Wildman–Crippen LogP) is 5.89. The van der Waals surface area contributed by atoms with Crippen molar-refractivity contribution in [1.82, 2.24) is 0 Å². The summed E-state index contributed by atoms with van der Waals surface area (Å²) in [5, 5.41) is 19.5. The lowest BCUT2D eigenvalue weighted by atomic mass is 9.83. The first kappa shape index (κ1) is 22.0. The maximum atomic E-state index is 12.9. The van der Waals surface area contributed by atoms with Gasteiger partial charge in [-0.05, 0) is 47.5 Å². The molecule has 0 fully saturated rings. The zero-order valence-corrected chi connectivity index (χ0v) is 18.1. The summed E-state index contributed by atoms with van der Waals surface area (Å²) in [6, 6.07) is 11.4. The Kier molecular flexibility index (Phi) is 5.98. The average molecular weight is 494 g/mol. The molecule has 0 saturated heterocycles. The number of halogens is 4. The topological polar surface area (TPSA) is 94.8 Å². The molecule has 3 aromatic rings. The van der Waals surface area contributed by atoms with E-state index in [0.29, 0.717) is 0 Å². The highest BCUT2D eigenvalue weighted by Crippen LogP contribution is 2.49. The van der Waals surface area contributed by atoms with Crippen LogP contribution in [0, 0.1) is 0 Å². The molecule has 3 N–H and O–H groups in total. The Bertz CT molecular complexity index is 1160. The number of hydrogen-bond donors (Lipinski definition) is 3. The third-order valence-corrected chi connectivity index (χ3v) is 7.02. The molecule has 0 heterocycles. The van der Waals surface area contributed by atoms with Gasteiger partial charge in [0.2, 0.25) is 0 Å². The van der Waals surface area contributed by atoms with Crippen molar-refractivity contribution in [3.63, 3.8) is 0 Å². The number of rotatable bonds is 4. The minimum Gasteiger partial charge on any atom is -0.506 e. The average Bonchev–Trinajstić information content (AvgIpc) is 2.62. The SMILES string of the molecule is O=S(=O)(O)C(c1ccc(O)c(Cl)c1)(c1ccc(O)c(Cl)c1)c1ccc(Cl)cc1Cl. The number of benzene rings is 3. The Hall–Kier alpha value is -1.67. The summed E-state index contributed by atoms with van der Waals surface area (Å²) in [6.07, 6.45) is 0. The van der Waals surface area contributed by atoms with Crippen LogP contribution in [0.2, 0.25) is 20.1 Å². The Balaban J connectivity index is 2.56. The van der Waals surface area contributed by atoms with E-state index in [1.807, 2.05) is 0 Å². The monoisotopic (exact) mass is 492 g/mol. The van der Waals surface area contributed by atoms with Crippen molar-refractivity contribution < 1.29 is 23.2 Å². The second kappa shape index (κ2) is 7.87. The molecular weight excluding hydrogens is 482 g/mol. The Morgan fingerprint density at radius 1 is 0.690 bits per heavy atom. The van der Waals surface area contributed by atoms with E-state index in [4.69, 9.17) is 46.4 Å². The molecule has 3 aromatic carbocycles. The molecule has 0 aliphatic heterocycles. The highest BCUT2D eigenvalue weighted by molar-refractivity contribution is 7.87. The van der Waals surface area contributed by atoms with Crippen molar-refractivity contribution in [2.75, 3.05) is 0 Å². The van der Waals surface area contributed by atoms with Gasteiger partial charge in [-0.25, -0.2) is 0 Å². The number of aromatic hydroxyl groups is 2. The molecule has 0 amide bonds. The lowest BCUT2D eigenvalue weighted by Gasteiger charge is -2.33. The van der Waals surface area contributed by atoms with Crippen molar-refractivity contribution in [2.24, 2.45) is 0 Å². The fourth-order valence-corrected chi connectivity index (χ4v) is 5.41. The van der Waals surface area contributed by atoms with Crippen molar-refractivity contribution in [3.8, 4) is 11.5 Å². The zero-order valence-electron chi connectivity index (χ0n) is 14.3. The first-order valence-electron chi connectivity index (χ1n) is 7.89. The van der Waals surface area contributed by atoms with Crippen LogP contribution in [0.5, 0.6) is 11.5 Å². The molecule has 0 aliphatic rings. The van der Waals surface area contributed by atoms with E-state index in [1.54, 1.807) is 0 Å². The lowest BCUT2D eigenvalue weighted by molar-refractivity contribution is 0.456. The van der Waals surface area contributed by atoms with Crippen LogP contribution in [0.1, 0.15) is 16.7 Å². The molecule has 0 spiro atoms. The van der Waals surface area contributed by atoms with Crippen LogP contribution in [0.15, 0.2) is 54.6 Å². The summed E-state index contributed by atoms with van der Waals surface area (Å²) in [4.78, 5) is 0. The van der Waals surface area contributed by atoms with Crippen molar-refractivity contribution >= 4 is 56.5 Å². The van der Waals surface area contributed by atoms with Gasteiger partial charge in [0.1, 0.15) is 11.5 Å². The smallest absolute Gasteiger partial charge is 0.283 e. The van der Waals surface area contributed by atoms with Crippen LogP contribution in [-0.4, -0.2) is 23.2 Å². The van der Waals surface area contributed by atoms with Crippen LogP contribution in [0.4, 0.5) is 0 Å². The second-order valence-electron chi connectivity index (χ2n) is 6.11. The molecule has 5 nitrogen and oxygen atoms in total. The third kappa shape index (κ3) is 3.77. The maximum Gasteiger partial charge on any atom is 0.283 e. The molecule has 0 aliphatic carbocycles. The number of phenols is 2. The fourth-order valence-electron chi connectivity index (χ4n) is 3.14. The normalized spacial score (nSPS) is 12.2. The quantitative estimate of drug-likeness (QED) is 0.311. The predicted molar refractivity (Wildman–Crippen MR) is 114 cm³/mol. The van der Waals surface area contributed by atoms with Crippen molar-refractivity contribution in [1.29, 1.82) is 0 Å². The van der Waals surface area contributed by atoms with Crippen LogP contribution in [0.3, 0.4) is 0 Å². The minimum absolute atomic E-state index is 0.0196. The standard InChI is InChI=1S/C19H12Cl4O5S/c20-12-3-4-13(14(21)9-12)19(29(26,27)28,10-1-5-17(24)15(22)7-10)11-2-6-18(25)16(23)8-11/h1-9,24-25H,(H,26,27,28). The van der Waals surface area contributed by atoms with Crippen LogP contribution >= 0.6 is 46.4 Å². The first-order valence-corrected chi connectivity index (χ1v) is 10.8. The second-order valence-corrected chi connectivity index (χ2v) is 9.33. The lowest BCUT2D eigenvalue weighted by Crippen LogP contribution is -2.38. The molecule has 0 aromatic heterocycles. The molecule has 29 heavy (non-hydrogen) atoms. The number of hydrogen-bond acceptors (Lipinski definition) is 4. The summed E-state index contributed by atoms with van der Waals surface area (Å²) < 4.78 is 34.1. The summed E-state index contributed by atoms with van der Waals surface area (Å²) in [6.45, 7) is 0. The van der Waals surface area contributed by atoms with Gasteiger partial charge in [0.05, 0.1) is 10.0 Å². The van der Waals surface area contributed by atoms with Gasteiger partial charge in [0.15, 0.2) is 4.75 Å². The van der Waals surface area contributed by atoms with Gasteiger partial charge >= 0.3 is 0 Å². The van der Waals surface area contributed by atoms with E-state index in [1.165, 1.54) is 54.6 Å². The molecule has 0 saturated carbocycles. The van der Waals surface area contributed by atoms with Gasteiger partial charge in [0, 0.05) is 15.6 Å². The third-order valence-electron chi connectivity index (χ3n) is 4.41. The highest BCUT2D eigenvalue weighted by atomic mass is 35.5.